The van der Waals surface area contributed by atoms with E-state index in [0.29, 0.717) is 22.8 Å². The Kier molecular flexibility index (Phi) is 4.47. The van der Waals surface area contributed by atoms with Crippen molar-refractivity contribution >= 4 is 31.8 Å². The number of aromatic nitrogens is 1. The van der Waals surface area contributed by atoms with Gasteiger partial charge >= 0.3 is 0 Å². The summed E-state index contributed by atoms with van der Waals surface area (Å²) < 4.78 is 27.2. The van der Waals surface area contributed by atoms with Crippen LogP contribution in [0.4, 0.5) is 5.82 Å². The van der Waals surface area contributed by atoms with Gasteiger partial charge in [-0.15, -0.1) is 0 Å². The number of hydrogen-bond acceptors (Lipinski definition) is 4. The summed E-state index contributed by atoms with van der Waals surface area (Å²) in [6.45, 7) is 0.581. The summed E-state index contributed by atoms with van der Waals surface area (Å²) in [5.41, 5.74) is 0. The molecule has 2 rings (SSSR count). The smallest absolute Gasteiger partial charge is 0.246 e. The summed E-state index contributed by atoms with van der Waals surface area (Å²) in [7, 11) is -0.196. The molecule has 0 bridgehead atoms. The first-order chi connectivity index (χ1) is 8.95. The Bertz CT molecular complexity index is 558. The first-order valence-electron chi connectivity index (χ1n) is 6.25. The van der Waals surface area contributed by atoms with Gasteiger partial charge in [0.25, 0.3) is 0 Å². The molecular weight excluding hydrogens is 330 g/mol. The zero-order chi connectivity index (χ0) is 14.0. The van der Waals surface area contributed by atoms with E-state index in [1.54, 1.807) is 26.4 Å². The van der Waals surface area contributed by atoms with Crippen molar-refractivity contribution in [1.29, 1.82) is 0 Å². The molecule has 7 heteroatoms. The van der Waals surface area contributed by atoms with Gasteiger partial charge in [0.2, 0.25) is 10.0 Å². The highest BCUT2D eigenvalue weighted by Gasteiger charge is 2.29. The number of halogens is 1. The largest absolute Gasteiger partial charge is 0.372 e. The van der Waals surface area contributed by atoms with E-state index in [9.17, 15) is 8.42 Å². The Morgan fingerprint density at radius 3 is 2.74 bits per heavy atom. The predicted molar refractivity (Wildman–Crippen MR) is 78.6 cm³/mol. The summed E-state index contributed by atoms with van der Waals surface area (Å²) >= 11 is 3.27. The van der Waals surface area contributed by atoms with Gasteiger partial charge in [0, 0.05) is 31.3 Å². The first kappa shape index (κ1) is 14.7. The molecule has 19 heavy (non-hydrogen) atoms. The summed E-state index contributed by atoms with van der Waals surface area (Å²) in [6.07, 6.45) is 5.03. The number of hydrogen-bond donors (Lipinski definition) is 1. The van der Waals surface area contributed by atoms with E-state index in [0.717, 1.165) is 12.8 Å². The Morgan fingerprint density at radius 1 is 1.53 bits per heavy atom. The van der Waals surface area contributed by atoms with Gasteiger partial charge in [0.1, 0.15) is 10.7 Å². The summed E-state index contributed by atoms with van der Waals surface area (Å²) in [5, 5.41) is 2.83. The highest BCUT2D eigenvalue weighted by atomic mass is 79.9. The molecule has 0 amide bonds. The van der Waals surface area contributed by atoms with E-state index >= 15 is 0 Å². The molecule has 0 aromatic carbocycles. The van der Waals surface area contributed by atoms with Crippen LogP contribution in [0.2, 0.25) is 0 Å². The third kappa shape index (κ3) is 3.09. The fraction of sp³-hybridized carbons (Fsp3) is 0.583. The molecule has 1 aliphatic rings. The van der Waals surface area contributed by atoms with Crippen LogP contribution in [0.3, 0.4) is 0 Å². The topological polar surface area (TPSA) is 62.3 Å². The standard InChI is InChI=1S/C12H18BrN3O2S/c1-14-12-11(6-10(13)7-15-12)19(17,18)16(2)8-9-4-3-5-9/h6-7,9H,3-5,8H2,1-2H3,(H,14,15). The van der Waals surface area contributed by atoms with Crippen molar-refractivity contribution < 1.29 is 8.42 Å². The average Bonchev–Trinajstić information content (AvgIpc) is 2.33. The average molecular weight is 348 g/mol. The molecule has 106 valence electrons. The van der Waals surface area contributed by atoms with E-state index < -0.39 is 10.0 Å². The Balaban J connectivity index is 2.29. The molecule has 5 nitrogen and oxygen atoms in total. The quantitative estimate of drug-likeness (QED) is 0.887. The van der Waals surface area contributed by atoms with Gasteiger partial charge in [-0.05, 0) is 40.8 Å². The van der Waals surface area contributed by atoms with Crippen molar-refractivity contribution in [2.24, 2.45) is 5.92 Å². The third-order valence-corrected chi connectivity index (χ3v) is 5.75. The van der Waals surface area contributed by atoms with Gasteiger partial charge < -0.3 is 5.32 Å². The van der Waals surface area contributed by atoms with Crippen LogP contribution in [0.25, 0.3) is 0 Å². The van der Waals surface area contributed by atoms with Crippen molar-refractivity contribution in [3.63, 3.8) is 0 Å². The number of rotatable bonds is 5. The van der Waals surface area contributed by atoms with Gasteiger partial charge in [-0.1, -0.05) is 6.42 Å². The number of nitrogens with zero attached hydrogens (tertiary/aromatic N) is 2. The normalized spacial score (nSPS) is 16.4. The van der Waals surface area contributed by atoms with Crippen LogP contribution in [0.15, 0.2) is 21.6 Å². The monoisotopic (exact) mass is 347 g/mol. The molecular formula is C12H18BrN3O2S. The molecule has 0 saturated heterocycles. The first-order valence-corrected chi connectivity index (χ1v) is 8.48. The fourth-order valence-electron chi connectivity index (χ4n) is 2.11. The van der Waals surface area contributed by atoms with Crippen LogP contribution in [-0.4, -0.2) is 38.3 Å². The van der Waals surface area contributed by atoms with Gasteiger partial charge in [0.15, 0.2) is 0 Å². The van der Waals surface area contributed by atoms with Crippen LogP contribution < -0.4 is 5.32 Å². The summed E-state index contributed by atoms with van der Waals surface area (Å²) in [4.78, 5) is 4.31. The molecule has 1 aromatic heterocycles. The van der Waals surface area contributed by atoms with Crippen LogP contribution in [-0.2, 0) is 10.0 Å². The van der Waals surface area contributed by atoms with Gasteiger partial charge in [-0.25, -0.2) is 17.7 Å². The van der Waals surface area contributed by atoms with E-state index in [2.05, 4.69) is 26.2 Å². The molecule has 1 aromatic rings. The number of anilines is 1. The van der Waals surface area contributed by atoms with E-state index in [4.69, 9.17) is 0 Å². The molecule has 1 fully saturated rings. The minimum atomic E-state index is -3.50. The molecule has 0 atom stereocenters. The van der Waals surface area contributed by atoms with Crippen molar-refractivity contribution in [2.45, 2.75) is 24.2 Å². The molecule has 1 aliphatic carbocycles. The Morgan fingerprint density at radius 2 is 2.21 bits per heavy atom. The number of sulfonamides is 1. The molecule has 1 N–H and O–H groups in total. The van der Waals surface area contributed by atoms with E-state index in [-0.39, 0.29) is 4.90 Å². The third-order valence-electron chi connectivity index (χ3n) is 3.48. The van der Waals surface area contributed by atoms with Gasteiger partial charge in [-0.2, -0.15) is 0 Å². The minimum absolute atomic E-state index is 0.214. The fourth-order valence-corrected chi connectivity index (χ4v) is 4.01. The maximum atomic E-state index is 12.6. The predicted octanol–water partition coefficient (Wildman–Crippen LogP) is 2.31. The van der Waals surface area contributed by atoms with Gasteiger partial charge in [0.05, 0.1) is 0 Å². The maximum Gasteiger partial charge on any atom is 0.246 e. The maximum absolute atomic E-state index is 12.6. The van der Waals surface area contributed by atoms with Gasteiger partial charge in [-0.3, -0.25) is 0 Å². The molecule has 0 aliphatic heterocycles. The number of nitrogens with one attached hydrogen (secondary N) is 1. The Hall–Kier alpha value is -0.660. The molecule has 1 heterocycles. The zero-order valence-electron chi connectivity index (χ0n) is 11.1. The Labute approximate surface area is 122 Å². The SMILES string of the molecule is CNc1ncc(Br)cc1S(=O)(=O)N(C)CC1CCC1. The van der Waals surface area contributed by atoms with Crippen molar-refractivity contribution in [3.05, 3.63) is 16.7 Å². The summed E-state index contributed by atoms with van der Waals surface area (Å²) in [6, 6.07) is 1.59. The van der Waals surface area contributed by atoms with Crippen LogP contribution in [0, 0.1) is 5.92 Å². The zero-order valence-corrected chi connectivity index (χ0v) is 13.5. The van der Waals surface area contributed by atoms with Crippen LogP contribution in [0.5, 0.6) is 0 Å². The lowest BCUT2D eigenvalue weighted by atomic mass is 9.86. The molecule has 0 spiro atoms. The van der Waals surface area contributed by atoms with Crippen LogP contribution >= 0.6 is 15.9 Å². The lowest BCUT2D eigenvalue weighted by molar-refractivity contribution is 0.263. The second kappa shape index (κ2) is 5.76. The highest BCUT2D eigenvalue weighted by molar-refractivity contribution is 9.10. The highest BCUT2D eigenvalue weighted by Crippen LogP contribution is 2.30. The second-order valence-electron chi connectivity index (χ2n) is 4.83. The minimum Gasteiger partial charge on any atom is -0.372 e. The van der Waals surface area contributed by atoms with Crippen LogP contribution in [0.1, 0.15) is 19.3 Å². The van der Waals surface area contributed by atoms with E-state index in [1.165, 1.54) is 10.7 Å². The molecule has 0 unspecified atom stereocenters. The number of pyridine rings is 1. The molecule has 0 radical (unpaired) electrons. The lowest BCUT2D eigenvalue weighted by Gasteiger charge is -2.29. The molecule has 1 saturated carbocycles. The van der Waals surface area contributed by atoms with Crippen molar-refractivity contribution in [3.8, 4) is 0 Å². The summed E-state index contributed by atoms with van der Waals surface area (Å²) in [5.74, 6) is 0.876. The van der Waals surface area contributed by atoms with Crippen molar-refractivity contribution in [1.82, 2.24) is 9.29 Å². The lowest BCUT2D eigenvalue weighted by Crippen LogP contribution is -2.34. The van der Waals surface area contributed by atoms with E-state index in [1.807, 2.05) is 0 Å². The second-order valence-corrected chi connectivity index (χ2v) is 7.76. The van der Waals surface area contributed by atoms with Crippen molar-refractivity contribution in [2.75, 3.05) is 26.0 Å².